The van der Waals surface area contributed by atoms with Crippen LogP contribution >= 0.6 is 0 Å². The molecule has 1 aliphatic heterocycles. The average Bonchev–Trinajstić information content (AvgIpc) is 2.93. The molecule has 1 spiro atoms. The zero-order valence-electron chi connectivity index (χ0n) is 13.7. The van der Waals surface area contributed by atoms with E-state index < -0.39 is 29.8 Å². The van der Waals surface area contributed by atoms with Gasteiger partial charge in [-0.2, -0.15) is 5.26 Å². The maximum Gasteiger partial charge on any atom is 0.247 e. The summed E-state index contributed by atoms with van der Waals surface area (Å²) < 4.78 is 27.2. The van der Waals surface area contributed by atoms with E-state index in [0.717, 1.165) is 32.7 Å². The Labute approximate surface area is 136 Å². The zero-order chi connectivity index (χ0) is 16.7. The molecule has 0 bridgehead atoms. The average molecular weight is 325 g/mol. The molecule has 2 aliphatic carbocycles. The minimum absolute atomic E-state index is 0.230. The van der Waals surface area contributed by atoms with Crippen LogP contribution in [0.3, 0.4) is 0 Å². The summed E-state index contributed by atoms with van der Waals surface area (Å²) >= 11 is 0. The van der Waals surface area contributed by atoms with Crippen LogP contribution in [0.4, 0.5) is 8.78 Å². The molecule has 1 N–H and O–H groups in total. The summed E-state index contributed by atoms with van der Waals surface area (Å²) in [6.45, 7) is 2.31. The predicted molar refractivity (Wildman–Crippen MR) is 81.8 cm³/mol. The van der Waals surface area contributed by atoms with Gasteiger partial charge in [-0.05, 0) is 51.0 Å². The highest BCUT2D eigenvalue weighted by molar-refractivity contribution is 5.83. The summed E-state index contributed by atoms with van der Waals surface area (Å²) in [6, 6.07) is 1.27. The fraction of sp³-hybridized carbons (Fsp3) is 0.882. The Hall–Kier alpha value is -1.22. The van der Waals surface area contributed by atoms with Gasteiger partial charge in [0.1, 0.15) is 5.54 Å². The van der Waals surface area contributed by atoms with Gasteiger partial charge in [-0.1, -0.05) is 12.8 Å². The summed E-state index contributed by atoms with van der Waals surface area (Å²) in [5.74, 6) is -3.29. The van der Waals surface area contributed by atoms with E-state index in [2.05, 4.69) is 11.4 Å². The van der Waals surface area contributed by atoms with Crippen molar-refractivity contribution in [3.05, 3.63) is 0 Å². The first-order chi connectivity index (χ1) is 10.8. The zero-order valence-corrected chi connectivity index (χ0v) is 13.7. The van der Waals surface area contributed by atoms with Gasteiger partial charge in [0, 0.05) is 13.0 Å². The molecule has 23 heavy (non-hydrogen) atoms. The number of carbonyl (C=O) groups excluding carboxylic acids is 1. The number of amides is 1. The van der Waals surface area contributed by atoms with Crippen LogP contribution in [0.2, 0.25) is 0 Å². The van der Waals surface area contributed by atoms with Crippen LogP contribution in [0.15, 0.2) is 0 Å². The summed E-state index contributed by atoms with van der Waals surface area (Å²) in [4.78, 5) is 14.5. The van der Waals surface area contributed by atoms with Crippen LogP contribution in [0, 0.1) is 16.7 Å². The van der Waals surface area contributed by atoms with Gasteiger partial charge >= 0.3 is 0 Å². The van der Waals surface area contributed by atoms with Crippen LogP contribution in [0.1, 0.15) is 58.3 Å². The molecule has 0 radical (unpaired) electrons. The number of likely N-dealkylation sites (tertiary alicyclic amines) is 1. The van der Waals surface area contributed by atoms with Gasteiger partial charge in [0.05, 0.1) is 12.1 Å². The van der Waals surface area contributed by atoms with E-state index in [1.165, 1.54) is 12.8 Å². The molecule has 2 saturated carbocycles. The molecule has 6 heteroatoms. The SMILES string of the molecule is CC(F)(F)C[C@@H](C(=O)NC1(C#N)CC1)N1CCC2(CCCC2)C1. The van der Waals surface area contributed by atoms with Crippen LogP contribution in [0.5, 0.6) is 0 Å². The van der Waals surface area contributed by atoms with Crippen LogP contribution < -0.4 is 5.32 Å². The Kier molecular flexibility index (Phi) is 4.12. The lowest BCUT2D eigenvalue weighted by Gasteiger charge is -2.31. The Morgan fingerprint density at radius 2 is 1.96 bits per heavy atom. The second kappa shape index (κ2) is 5.70. The third-order valence-corrected chi connectivity index (χ3v) is 5.75. The fourth-order valence-electron chi connectivity index (χ4n) is 4.20. The minimum Gasteiger partial charge on any atom is -0.336 e. The van der Waals surface area contributed by atoms with Gasteiger partial charge < -0.3 is 5.32 Å². The van der Waals surface area contributed by atoms with Crippen LogP contribution in [0.25, 0.3) is 0 Å². The van der Waals surface area contributed by atoms with Crippen LogP contribution in [-0.2, 0) is 4.79 Å². The number of carbonyl (C=O) groups is 1. The van der Waals surface area contributed by atoms with Crippen molar-refractivity contribution in [2.75, 3.05) is 13.1 Å². The molecule has 1 atom stereocenters. The van der Waals surface area contributed by atoms with E-state index in [-0.39, 0.29) is 5.41 Å². The van der Waals surface area contributed by atoms with Gasteiger partial charge in [-0.15, -0.1) is 0 Å². The number of hydrogen-bond donors (Lipinski definition) is 1. The van der Waals surface area contributed by atoms with E-state index in [0.29, 0.717) is 19.4 Å². The third kappa shape index (κ3) is 3.65. The van der Waals surface area contributed by atoms with Crippen molar-refractivity contribution < 1.29 is 13.6 Å². The third-order valence-electron chi connectivity index (χ3n) is 5.75. The largest absolute Gasteiger partial charge is 0.336 e. The van der Waals surface area contributed by atoms with Gasteiger partial charge in [-0.25, -0.2) is 8.78 Å². The molecule has 0 aromatic carbocycles. The molecule has 3 rings (SSSR count). The topological polar surface area (TPSA) is 56.1 Å². The molecule has 3 aliphatic rings. The smallest absolute Gasteiger partial charge is 0.247 e. The molecule has 0 aromatic heterocycles. The monoisotopic (exact) mass is 325 g/mol. The molecule has 1 saturated heterocycles. The maximum atomic E-state index is 13.6. The summed E-state index contributed by atoms with van der Waals surface area (Å²) in [5, 5.41) is 11.8. The standard InChI is InChI=1S/C17H25F2N3O/c1-15(18,19)10-13(14(23)21-17(11-20)6-7-17)22-9-8-16(12-22)4-2-3-5-16/h13H,2-10,12H2,1H3,(H,21,23)/t13-/m0/s1. The first kappa shape index (κ1) is 16.6. The van der Waals surface area contributed by atoms with Gasteiger partial charge in [0.2, 0.25) is 11.8 Å². The van der Waals surface area contributed by atoms with E-state index in [1.807, 2.05) is 4.90 Å². The van der Waals surface area contributed by atoms with Crippen molar-refractivity contribution >= 4 is 5.91 Å². The lowest BCUT2D eigenvalue weighted by Crippen LogP contribution is -2.51. The molecular weight excluding hydrogens is 300 g/mol. The molecule has 128 valence electrons. The first-order valence-corrected chi connectivity index (χ1v) is 8.62. The molecule has 4 nitrogen and oxygen atoms in total. The maximum absolute atomic E-state index is 13.6. The normalized spacial score (nSPS) is 26.9. The van der Waals surface area contributed by atoms with E-state index >= 15 is 0 Å². The Morgan fingerprint density at radius 3 is 2.48 bits per heavy atom. The van der Waals surface area contributed by atoms with E-state index in [9.17, 15) is 13.6 Å². The van der Waals surface area contributed by atoms with Crippen molar-refractivity contribution in [3.63, 3.8) is 0 Å². The molecule has 1 amide bonds. The van der Waals surface area contributed by atoms with Crippen molar-refractivity contribution in [2.24, 2.45) is 5.41 Å². The molecule has 1 heterocycles. The summed E-state index contributed by atoms with van der Waals surface area (Å²) in [7, 11) is 0. The highest BCUT2D eigenvalue weighted by Crippen LogP contribution is 2.46. The van der Waals surface area contributed by atoms with Gasteiger partial charge in [0.15, 0.2) is 0 Å². The molecule has 0 aromatic rings. The fourth-order valence-corrected chi connectivity index (χ4v) is 4.20. The number of nitrogens with zero attached hydrogens (tertiary/aromatic N) is 2. The number of rotatable bonds is 5. The molecular formula is C17H25F2N3O. The second-order valence-electron chi connectivity index (χ2n) is 7.90. The number of nitrogens with one attached hydrogen (secondary N) is 1. The lowest BCUT2D eigenvalue weighted by atomic mass is 9.85. The van der Waals surface area contributed by atoms with Gasteiger partial charge in [0.25, 0.3) is 0 Å². The van der Waals surface area contributed by atoms with Crippen molar-refractivity contribution in [1.29, 1.82) is 5.26 Å². The Morgan fingerprint density at radius 1 is 1.30 bits per heavy atom. The second-order valence-corrected chi connectivity index (χ2v) is 7.90. The van der Waals surface area contributed by atoms with E-state index in [4.69, 9.17) is 5.26 Å². The number of halogens is 2. The summed E-state index contributed by atoms with van der Waals surface area (Å²) in [6.07, 6.45) is 6.44. The Balaban J connectivity index is 1.71. The van der Waals surface area contributed by atoms with Gasteiger partial charge in [-0.3, -0.25) is 9.69 Å². The highest BCUT2D eigenvalue weighted by Gasteiger charge is 2.49. The first-order valence-electron chi connectivity index (χ1n) is 8.62. The van der Waals surface area contributed by atoms with E-state index in [1.54, 1.807) is 0 Å². The highest BCUT2D eigenvalue weighted by atomic mass is 19.3. The van der Waals surface area contributed by atoms with Crippen molar-refractivity contribution in [3.8, 4) is 6.07 Å². The number of alkyl halides is 2. The summed E-state index contributed by atoms with van der Waals surface area (Å²) in [5.41, 5.74) is -0.572. The lowest BCUT2D eigenvalue weighted by molar-refractivity contribution is -0.130. The predicted octanol–water partition coefficient (Wildman–Crippen LogP) is 2.84. The van der Waals surface area contributed by atoms with Crippen LogP contribution in [-0.4, -0.2) is 41.4 Å². The molecule has 3 fully saturated rings. The number of nitriles is 1. The minimum atomic E-state index is -2.89. The molecule has 0 unspecified atom stereocenters. The number of hydrogen-bond acceptors (Lipinski definition) is 3. The quantitative estimate of drug-likeness (QED) is 0.845. The van der Waals surface area contributed by atoms with Crippen molar-refractivity contribution in [1.82, 2.24) is 10.2 Å². The van der Waals surface area contributed by atoms with Crippen molar-refractivity contribution in [2.45, 2.75) is 75.8 Å². The Bertz CT molecular complexity index is 513.